The second kappa shape index (κ2) is 5.99. The molecule has 0 bridgehead atoms. The number of nitrogens with one attached hydrogen (secondary N) is 1. The third-order valence-electron chi connectivity index (χ3n) is 4.60. The van der Waals surface area contributed by atoms with Crippen molar-refractivity contribution in [2.24, 2.45) is 0 Å². The molecule has 1 atom stereocenters. The molecule has 0 saturated carbocycles. The summed E-state index contributed by atoms with van der Waals surface area (Å²) in [7, 11) is 0. The molecule has 5 heteroatoms. The van der Waals surface area contributed by atoms with E-state index in [1.807, 2.05) is 30.3 Å². The van der Waals surface area contributed by atoms with Gasteiger partial charge in [0.05, 0.1) is 36.0 Å². The summed E-state index contributed by atoms with van der Waals surface area (Å²) in [6, 6.07) is 12.2. The van der Waals surface area contributed by atoms with E-state index in [1.54, 1.807) is 6.20 Å². The number of aromatic nitrogens is 2. The summed E-state index contributed by atoms with van der Waals surface area (Å²) in [5.74, 6) is 0. The highest BCUT2D eigenvalue weighted by molar-refractivity contribution is 5.95. The number of pyridine rings is 1. The molecule has 0 amide bonds. The monoisotopic (exact) mass is 321 g/mol. The zero-order chi connectivity index (χ0) is 16.5. The number of nitrogens with zero attached hydrogens (tertiary/aromatic N) is 2. The number of hydrogen-bond donors (Lipinski definition) is 1. The lowest BCUT2D eigenvalue weighted by Gasteiger charge is -2.11. The Labute approximate surface area is 140 Å². The first kappa shape index (κ1) is 14.7. The number of rotatable bonds is 3. The van der Waals surface area contributed by atoms with Gasteiger partial charge in [-0.1, -0.05) is 24.3 Å². The summed E-state index contributed by atoms with van der Waals surface area (Å²) in [6.07, 6.45) is 5.09. The molecule has 1 saturated heterocycles. The maximum absolute atomic E-state index is 12.4. The van der Waals surface area contributed by atoms with Crippen LogP contribution < -0.4 is 5.56 Å². The van der Waals surface area contributed by atoms with Crippen LogP contribution in [0.2, 0.25) is 0 Å². The van der Waals surface area contributed by atoms with Crippen molar-refractivity contribution >= 4 is 10.9 Å². The van der Waals surface area contributed by atoms with Crippen molar-refractivity contribution in [3.63, 3.8) is 0 Å². The second-order valence-corrected chi connectivity index (χ2v) is 6.07. The van der Waals surface area contributed by atoms with Gasteiger partial charge in [-0.3, -0.25) is 4.79 Å². The Hall–Kier alpha value is -2.84. The molecule has 4 rings (SSSR count). The molecule has 1 aliphatic heterocycles. The fraction of sp³-hybridized carbons (Fsp3) is 0.263. The molecule has 122 valence electrons. The highest BCUT2D eigenvalue weighted by Gasteiger charge is 2.22. The standard InChI is InChI=1S/C19H17N3O2.H2/c20-8-5-13-1-3-14(4-2-13)16-11-22(15-7-10-24-12-15)17-6-9-21-19(23)18(16)17;/h1-4,6,9,11,15H,5,7,10,12H2,(H,21,23);1H. The summed E-state index contributed by atoms with van der Waals surface area (Å²) in [5, 5.41) is 9.50. The predicted octanol–water partition coefficient (Wildman–Crippen LogP) is 3.27. The van der Waals surface area contributed by atoms with Gasteiger partial charge in [0.2, 0.25) is 0 Å². The highest BCUT2D eigenvalue weighted by atomic mass is 16.5. The molecule has 0 radical (unpaired) electrons. The number of aromatic amines is 1. The Morgan fingerprint density at radius 3 is 2.88 bits per heavy atom. The first-order valence-corrected chi connectivity index (χ1v) is 8.04. The predicted molar refractivity (Wildman–Crippen MR) is 93.9 cm³/mol. The van der Waals surface area contributed by atoms with Crippen molar-refractivity contribution < 1.29 is 6.16 Å². The van der Waals surface area contributed by atoms with Crippen LogP contribution in [0, 0.1) is 11.3 Å². The van der Waals surface area contributed by atoms with Crippen LogP contribution in [0.3, 0.4) is 0 Å². The van der Waals surface area contributed by atoms with Gasteiger partial charge in [-0.25, -0.2) is 0 Å². The van der Waals surface area contributed by atoms with Gasteiger partial charge in [0.15, 0.2) is 0 Å². The molecule has 24 heavy (non-hydrogen) atoms. The van der Waals surface area contributed by atoms with E-state index in [1.165, 1.54) is 0 Å². The van der Waals surface area contributed by atoms with Gasteiger partial charge in [0.1, 0.15) is 0 Å². The molecule has 1 fully saturated rings. The molecular weight excluding hydrogens is 302 g/mol. The normalized spacial score (nSPS) is 17.2. The second-order valence-electron chi connectivity index (χ2n) is 6.07. The Morgan fingerprint density at radius 2 is 2.17 bits per heavy atom. The third-order valence-corrected chi connectivity index (χ3v) is 4.60. The summed E-state index contributed by atoms with van der Waals surface area (Å²) in [5.41, 5.74) is 3.73. The van der Waals surface area contributed by atoms with E-state index >= 15 is 0 Å². The van der Waals surface area contributed by atoms with Gasteiger partial charge in [-0.2, -0.15) is 5.26 Å². The zero-order valence-corrected chi connectivity index (χ0v) is 13.2. The highest BCUT2D eigenvalue weighted by Crippen LogP contribution is 2.32. The maximum atomic E-state index is 12.4. The zero-order valence-electron chi connectivity index (χ0n) is 13.2. The summed E-state index contributed by atoms with van der Waals surface area (Å²) in [4.78, 5) is 15.2. The number of benzene rings is 1. The fourth-order valence-corrected chi connectivity index (χ4v) is 3.37. The quantitative estimate of drug-likeness (QED) is 0.805. The van der Waals surface area contributed by atoms with Crippen molar-refractivity contribution in [1.29, 1.82) is 5.26 Å². The van der Waals surface area contributed by atoms with E-state index in [0.717, 1.165) is 35.2 Å². The van der Waals surface area contributed by atoms with Gasteiger partial charge in [-0.15, -0.1) is 0 Å². The van der Waals surface area contributed by atoms with Gasteiger partial charge < -0.3 is 14.3 Å². The number of hydrogen-bond acceptors (Lipinski definition) is 3. The van der Waals surface area contributed by atoms with Gasteiger partial charge in [-0.05, 0) is 23.6 Å². The smallest absolute Gasteiger partial charge is 0.258 e. The Kier molecular flexibility index (Phi) is 3.68. The molecule has 1 unspecified atom stereocenters. The van der Waals surface area contributed by atoms with Crippen LogP contribution in [0.5, 0.6) is 0 Å². The van der Waals surface area contributed by atoms with Crippen LogP contribution in [0.15, 0.2) is 47.5 Å². The Bertz CT molecular complexity index is 977. The maximum Gasteiger partial charge on any atom is 0.258 e. The lowest BCUT2D eigenvalue weighted by atomic mass is 10.0. The number of nitriles is 1. The summed E-state index contributed by atoms with van der Waals surface area (Å²) < 4.78 is 7.67. The van der Waals surface area contributed by atoms with E-state index in [-0.39, 0.29) is 13.0 Å². The average Bonchev–Trinajstić information content (AvgIpc) is 3.24. The minimum Gasteiger partial charge on any atom is -0.379 e. The molecule has 0 spiro atoms. The number of H-pyrrole nitrogens is 1. The van der Waals surface area contributed by atoms with E-state index in [9.17, 15) is 4.79 Å². The van der Waals surface area contributed by atoms with Crippen molar-refractivity contribution in [2.45, 2.75) is 18.9 Å². The van der Waals surface area contributed by atoms with Gasteiger partial charge in [0.25, 0.3) is 5.56 Å². The van der Waals surface area contributed by atoms with E-state index in [4.69, 9.17) is 10.00 Å². The molecule has 2 aromatic heterocycles. The van der Waals surface area contributed by atoms with Crippen molar-refractivity contribution in [2.75, 3.05) is 13.2 Å². The lowest BCUT2D eigenvalue weighted by Crippen LogP contribution is -2.09. The molecular formula is C19H19N3O2. The first-order valence-electron chi connectivity index (χ1n) is 8.04. The van der Waals surface area contributed by atoms with Crippen LogP contribution >= 0.6 is 0 Å². The number of fused-ring (bicyclic) bond motifs is 1. The molecule has 5 nitrogen and oxygen atoms in total. The van der Waals surface area contributed by atoms with Crippen molar-refractivity contribution in [3.05, 3.63) is 58.6 Å². The van der Waals surface area contributed by atoms with Gasteiger partial charge >= 0.3 is 0 Å². The largest absolute Gasteiger partial charge is 0.379 e. The van der Waals surface area contributed by atoms with Crippen LogP contribution in [-0.4, -0.2) is 22.8 Å². The number of ether oxygens (including phenoxy) is 1. The third kappa shape index (κ3) is 2.41. The van der Waals surface area contributed by atoms with Crippen molar-refractivity contribution in [3.8, 4) is 17.2 Å². The van der Waals surface area contributed by atoms with E-state index in [2.05, 4.69) is 21.8 Å². The van der Waals surface area contributed by atoms with Crippen LogP contribution in [0.25, 0.3) is 22.0 Å². The Morgan fingerprint density at radius 1 is 1.33 bits per heavy atom. The molecule has 3 aromatic rings. The summed E-state index contributed by atoms with van der Waals surface area (Å²) >= 11 is 0. The van der Waals surface area contributed by atoms with E-state index in [0.29, 0.717) is 18.4 Å². The Balaban J connectivity index is 0.00000182. The summed E-state index contributed by atoms with van der Waals surface area (Å²) in [6.45, 7) is 1.43. The molecule has 1 N–H and O–H groups in total. The van der Waals surface area contributed by atoms with E-state index < -0.39 is 0 Å². The van der Waals surface area contributed by atoms with Crippen LogP contribution in [-0.2, 0) is 11.2 Å². The minimum atomic E-state index is -0.0822. The average molecular weight is 321 g/mol. The fourth-order valence-electron chi connectivity index (χ4n) is 3.37. The van der Waals surface area contributed by atoms with Crippen LogP contribution in [0.4, 0.5) is 0 Å². The van der Waals surface area contributed by atoms with Crippen LogP contribution in [0.1, 0.15) is 19.5 Å². The molecule has 0 aliphatic carbocycles. The van der Waals surface area contributed by atoms with Crippen molar-refractivity contribution in [1.82, 2.24) is 9.55 Å². The topological polar surface area (TPSA) is 70.8 Å². The first-order chi connectivity index (χ1) is 11.8. The molecule has 1 aliphatic rings. The molecule has 3 heterocycles. The van der Waals surface area contributed by atoms with Gasteiger partial charge in [0, 0.05) is 26.0 Å². The molecule has 1 aromatic carbocycles. The lowest BCUT2D eigenvalue weighted by molar-refractivity contribution is 0.187. The SMILES string of the molecule is N#CCc1ccc(-c2cn(C3CCOC3)c3cc[nH]c(=O)c23)cc1.[HH]. The minimum absolute atomic E-state index is 0.